The molecule has 172 valence electrons. The first kappa shape index (κ1) is 24.2. The maximum Gasteiger partial charge on any atom is 0.261 e. The smallest absolute Gasteiger partial charge is 0.261 e. The summed E-state index contributed by atoms with van der Waals surface area (Å²) in [6, 6.07) is 19.2. The molecular weight excluding hydrogens is 434 g/mol. The predicted molar refractivity (Wildman–Crippen MR) is 132 cm³/mol. The fourth-order valence-corrected chi connectivity index (χ4v) is 4.01. The summed E-state index contributed by atoms with van der Waals surface area (Å²) in [6.07, 6.45) is 0. The number of hydrogen-bond acceptors (Lipinski definition) is 4. The number of hydrogen-bond donors (Lipinski definition) is 2. The van der Waals surface area contributed by atoms with Gasteiger partial charge in [0.05, 0.1) is 11.4 Å². The molecule has 0 aliphatic carbocycles. The Morgan fingerprint density at radius 3 is 2.18 bits per heavy atom. The second-order valence-electron chi connectivity index (χ2n) is 8.81. The van der Waals surface area contributed by atoms with Crippen molar-refractivity contribution in [1.29, 1.82) is 0 Å². The number of thiophene rings is 1. The van der Waals surface area contributed by atoms with Gasteiger partial charge in [0.25, 0.3) is 5.91 Å². The summed E-state index contributed by atoms with van der Waals surface area (Å²) >= 11 is 1.30. The van der Waals surface area contributed by atoms with E-state index in [1.807, 2.05) is 82.3 Å². The molecule has 0 radical (unpaired) electrons. The van der Waals surface area contributed by atoms with Crippen molar-refractivity contribution in [2.24, 2.45) is 0 Å². The van der Waals surface area contributed by atoms with E-state index in [4.69, 9.17) is 0 Å². The summed E-state index contributed by atoms with van der Waals surface area (Å²) in [6.45, 7) is 7.40. The van der Waals surface area contributed by atoms with Crippen LogP contribution in [0.2, 0.25) is 0 Å². The third-order valence-electron chi connectivity index (χ3n) is 4.85. The van der Waals surface area contributed by atoms with Crippen LogP contribution in [0.1, 0.15) is 47.6 Å². The molecule has 0 spiro atoms. The Morgan fingerprint density at radius 2 is 1.61 bits per heavy atom. The van der Waals surface area contributed by atoms with Crippen molar-refractivity contribution >= 4 is 34.7 Å². The van der Waals surface area contributed by atoms with Gasteiger partial charge in [0.1, 0.15) is 6.04 Å². The van der Waals surface area contributed by atoms with Crippen LogP contribution in [0.4, 0.5) is 5.69 Å². The van der Waals surface area contributed by atoms with E-state index in [2.05, 4.69) is 10.6 Å². The van der Waals surface area contributed by atoms with Gasteiger partial charge in [-0.05, 0) is 56.8 Å². The summed E-state index contributed by atoms with van der Waals surface area (Å²) in [5.74, 6) is -1.01. The van der Waals surface area contributed by atoms with E-state index in [1.165, 1.54) is 16.2 Å². The van der Waals surface area contributed by atoms with Crippen molar-refractivity contribution in [2.75, 3.05) is 11.4 Å². The third kappa shape index (κ3) is 6.52. The molecule has 1 unspecified atom stereocenters. The second kappa shape index (κ2) is 10.4. The van der Waals surface area contributed by atoms with Gasteiger partial charge in [-0.25, -0.2) is 0 Å². The lowest BCUT2D eigenvalue weighted by atomic mass is 10.0. The SMILES string of the molecule is Cc1ccc(N(C(=O)CNC(=O)c2cccs2)C(C(=O)NC(C)(C)C)c2ccccc2)cc1. The molecule has 3 amide bonds. The number of carbonyl (C=O) groups is 3. The van der Waals surface area contributed by atoms with Crippen LogP contribution in [0, 0.1) is 6.92 Å². The molecule has 2 N–H and O–H groups in total. The topological polar surface area (TPSA) is 78.5 Å². The number of nitrogens with zero attached hydrogens (tertiary/aromatic N) is 1. The van der Waals surface area contributed by atoms with E-state index in [0.717, 1.165) is 5.56 Å². The van der Waals surface area contributed by atoms with Gasteiger partial charge in [-0.3, -0.25) is 19.3 Å². The quantitative estimate of drug-likeness (QED) is 0.542. The van der Waals surface area contributed by atoms with Gasteiger partial charge in [-0.2, -0.15) is 0 Å². The first-order valence-corrected chi connectivity index (χ1v) is 11.6. The molecule has 3 aromatic rings. The Hall–Kier alpha value is -3.45. The monoisotopic (exact) mass is 463 g/mol. The predicted octanol–water partition coefficient (Wildman–Crippen LogP) is 4.48. The summed E-state index contributed by atoms with van der Waals surface area (Å²) in [7, 11) is 0. The standard InChI is InChI=1S/C26H29N3O3S/c1-18-12-14-20(15-13-18)29(22(30)17-27-24(31)21-11-8-16-33-21)23(19-9-6-5-7-10-19)25(32)28-26(2,3)4/h5-16,23H,17H2,1-4H3,(H,27,31)(H,28,32). The average molecular weight is 464 g/mol. The summed E-state index contributed by atoms with van der Waals surface area (Å²) in [5, 5.41) is 7.49. The molecular formula is C26H29N3O3S. The van der Waals surface area contributed by atoms with Crippen molar-refractivity contribution in [1.82, 2.24) is 10.6 Å². The van der Waals surface area contributed by atoms with Gasteiger partial charge < -0.3 is 10.6 Å². The molecule has 3 rings (SSSR count). The average Bonchev–Trinajstić information content (AvgIpc) is 3.31. The number of rotatable bonds is 7. The highest BCUT2D eigenvalue weighted by Crippen LogP contribution is 2.29. The van der Waals surface area contributed by atoms with E-state index >= 15 is 0 Å². The van der Waals surface area contributed by atoms with Crippen LogP contribution in [0.25, 0.3) is 0 Å². The number of benzene rings is 2. The fourth-order valence-electron chi connectivity index (χ4n) is 3.37. The largest absolute Gasteiger partial charge is 0.349 e. The Labute approximate surface area is 198 Å². The van der Waals surface area contributed by atoms with Gasteiger partial charge in [-0.1, -0.05) is 54.1 Å². The van der Waals surface area contributed by atoms with E-state index in [1.54, 1.807) is 17.5 Å². The van der Waals surface area contributed by atoms with Crippen molar-refractivity contribution < 1.29 is 14.4 Å². The minimum Gasteiger partial charge on any atom is -0.349 e. The summed E-state index contributed by atoms with van der Waals surface area (Å²) < 4.78 is 0. The summed E-state index contributed by atoms with van der Waals surface area (Å²) in [5.41, 5.74) is 1.80. The van der Waals surface area contributed by atoms with Crippen molar-refractivity contribution in [3.8, 4) is 0 Å². The Balaban J connectivity index is 1.98. The van der Waals surface area contributed by atoms with Crippen LogP contribution in [0.5, 0.6) is 0 Å². The molecule has 1 atom stereocenters. The van der Waals surface area contributed by atoms with E-state index in [-0.39, 0.29) is 24.3 Å². The van der Waals surface area contributed by atoms with Crippen LogP contribution in [0.15, 0.2) is 72.1 Å². The van der Waals surface area contributed by atoms with Crippen molar-refractivity contribution in [2.45, 2.75) is 39.3 Å². The number of amides is 3. The van der Waals surface area contributed by atoms with E-state index in [9.17, 15) is 14.4 Å². The zero-order valence-corrected chi connectivity index (χ0v) is 20.1. The van der Waals surface area contributed by atoms with Crippen LogP contribution in [-0.2, 0) is 9.59 Å². The molecule has 2 aromatic carbocycles. The number of aryl methyl sites for hydroxylation is 1. The van der Waals surface area contributed by atoms with Gasteiger partial charge in [-0.15, -0.1) is 11.3 Å². The molecule has 33 heavy (non-hydrogen) atoms. The lowest BCUT2D eigenvalue weighted by Gasteiger charge is -2.34. The number of nitrogens with one attached hydrogen (secondary N) is 2. The lowest BCUT2D eigenvalue weighted by molar-refractivity contribution is -0.127. The molecule has 7 heteroatoms. The van der Waals surface area contributed by atoms with Crippen LogP contribution < -0.4 is 15.5 Å². The molecule has 0 bridgehead atoms. The van der Waals surface area contributed by atoms with Crippen molar-refractivity contribution in [3.63, 3.8) is 0 Å². The molecule has 6 nitrogen and oxygen atoms in total. The normalized spacial score (nSPS) is 12.0. The zero-order valence-electron chi connectivity index (χ0n) is 19.3. The molecule has 1 heterocycles. The van der Waals surface area contributed by atoms with Gasteiger partial charge >= 0.3 is 0 Å². The minimum atomic E-state index is -0.903. The molecule has 1 aromatic heterocycles. The van der Waals surface area contributed by atoms with E-state index in [0.29, 0.717) is 16.1 Å². The van der Waals surface area contributed by atoms with Gasteiger partial charge in [0.15, 0.2) is 0 Å². The zero-order chi connectivity index (χ0) is 24.0. The van der Waals surface area contributed by atoms with Crippen LogP contribution >= 0.6 is 11.3 Å². The highest BCUT2D eigenvalue weighted by atomic mass is 32.1. The number of anilines is 1. The van der Waals surface area contributed by atoms with Crippen LogP contribution in [0.3, 0.4) is 0 Å². The minimum absolute atomic E-state index is 0.239. The van der Waals surface area contributed by atoms with Crippen LogP contribution in [-0.4, -0.2) is 29.8 Å². The molecule has 0 saturated heterocycles. The first-order valence-electron chi connectivity index (χ1n) is 10.7. The molecule has 0 saturated carbocycles. The van der Waals surface area contributed by atoms with Crippen molar-refractivity contribution in [3.05, 3.63) is 88.1 Å². The highest BCUT2D eigenvalue weighted by molar-refractivity contribution is 7.12. The fraction of sp³-hybridized carbons (Fsp3) is 0.269. The van der Waals surface area contributed by atoms with Gasteiger partial charge in [0.2, 0.25) is 11.8 Å². The molecule has 0 aliphatic rings. The highest BCUT2D eigenvalue weighted by Gasteiger charge is 2.34. The lowest BCUT2D eigenvalue weighted by Crippen LogP contribution is -2.51. The summed E-state index contributed by atoms with van der Waals surface area (Å²) in [4.78, 5) is 41.4. The number of carbonyl (C=O) groups excluding carboxylic acids is 3. The maximum absolute atomic E-state index is 13.5. The van der Waals surface area contributed by atoms with Gasteiger partial charge in [0, 0.05) is 11.2 Å². The third-order valence-corrected chi connectivity index (χ3v) is 5.71. The second-order valence-corrected chi connectivity index (χ2v) is 9.76. The Kier molecular flexibility index (Phi) is 7.66. The Morgan fingerprint density at radius 1 is 0.939 bits per heavy atom. The van der Waals surface area contributed by atoms with E-state index < -0.39 is 11.6 Å². The first-order chi connectivity index (χ1) is 15.7. The molecule has 0 fully saturated rings. The molecule has 0 aliphatic heterocycles. The Bertz CT molecular complexity index is 1090. The maximum atomic E-state index is 13.5.